The molecule has 0 aliphatic carbocycles. The second kappa shape index (κ2) is 5.99. The summed E-state index contributed by atoms with van der Waals surface area (Å²) in [5, 5.41) is 12.2. The molecular formula is C16H11ClN2O3. The normalized spacial score (nSPS) is 10.6. The van der Waals surface area contributed by atoms with Gasteiger partial charge in [-0.1, -0.05) is 41.9 Å². The number of ether oxygens (including phenoxy) is 1. The summed E-state index contributed by atoms with van der Waals surface area (Å²) >= 11 is 6.15. The topological polar surface area (TPSA) is 65.3 Å². The number of pyridine rings is 1. The summed E-state index contributed by atoms with van der Waals surface area (Å²) in [7, 11) is 0. The van der Waals surface area contributed by atoms with Crippen molar-refractivity contribution < 1.29 is 9.66 Å². The molecule has 1 heterocycles. The number of halogens is 1. The van der Waals surface area contributed by atoms with Crippen LogP contribution in [0.1, 0.15) is 5.56 Å². The molecule has 0 saturated carbocycles. The molecule has 5 nitrogen and oxygen atoms in total. The molecule has 0 aliphatic heterocycles. The summed E-state index contributed by atoms with van der Waals surface area (Å²) in [4.78, 5) is 14.8. The first-order valence-electron chi connectivity index (χ1n) is 6.55. The summed E-state index contributed by atoms with van der Waals surface area (Å²) in [6.45, 7) is 0.113. The van der Waals surface area contributed by atoms with E-state index in [1.54, 1.807) is 18.2 Å². The standard InChI is InChI=1S/C16H11ClN2O3/c17-16-12(9-11-5-1-2-6-13(11)18-16)10-22-15-8-4-3-7-14(15)19(20)21/h1-9H,10H2. The van der Waals surface area contributed by atoms with Crippen LogP contribution in [0.25, 0.3) is 10.9 Å². The average Bonchev–Trinajstić information content (AvgIpc) is 2.53. The minimum absolute atomic E-state index is 0.0765. The quantitative estimate of drug-likeness (QED) is 0.407. The molecule has 0 aliphatic rings. The predicted octanol–water partition coefficient (Wildman–Crippen LogP) is 4.38. The predicted molar refractivity (Wildman–Crippen MR) is 84.2 cm³/mol. The van der Waals surface area contributed by atoms with Crippen LogP contribution in [0.4, 0.5) is 5.69 Å². The lowest BCUT2D eigenvalue weighted by Gasteiger charge is -2.09. The van der Waals surface area contributed by atoms with Crippen molar-refractivity contribution in [3.8, 4) is 5.75 Å². The number of hydrogen-bond donors (Lipinski definition) is 0. The van der Waals surface area contributed by atoms with Gasteiger partial charge in [-0.2, -0.15) is 0 Å². The molecule has 0 saturated heterocycles. The van der Waals surface area contributed by atoms with Crippen LogP contribution in [0.15, 0.2) is 54.6 Å². The van der Waals surface area contributed by atoms with Gasteiger partial charge in [-0.25, -0.2) is 4.98 Å². The highest BCUT2D eigenvalue weighted by molar-refractivity contribution is 6.30. The largest absolute Gasteiger partial charge is 0.482 e. The van der Waals surface area contributed by atoms with Crippen molar-refractivity contribution >= 4 is 28.2 Å². The summed E-state index contributed by atoms with van der Waals surface area (Å²) < 4.78 is 5.55. The Balaban J connectivity index is 1.88. The Morgan fingerprint density at radius 2 is 1.86 bits per heavy atom. The number of nitrogens with zero attached hydrogens (tertiary/aromatic N) is 2. The minimum Gasteiger partial charge on any atom is -0.482 e. The molecule has 0 bridgehead atoms. The SMILES string of the molecule is O=[N+]([O-])c1ccccc1OCc1cc2ccccc2nc1Cl. The van der Waals surface area contributed by atoms with Gasteiger partial charge in [0.2, 0.25) is 0 Å². The third-order valence-electron chi connectivity index (χ3n) is 3.20. The van der Waals surface area contributed by atoms with Gasteiger partial charge >= 0.3 is 5.69 Å². The maximum Gasteiger partial charge on any atom is 0.310 e. The lowest BCUT2D eigenvalue weighted by Crippen LogP contribution is -2.00. The van der Waals surface area contributed by atoms with E-state index >= 15 is 0 Å². The molecule has 0 fully saturated rings. The lowest BCUT2D eigenvalue weighted by atomic mass is 10.2. The van der Waals surface area contributed by atoms with E-state index in [4.69, 9.17) is 16.3 Å². The number of hydrogen-bond acceptors (Lipinski definition) is 4. The highest BCUT2D eigenvalue weighted by Gasteiger charge is 2.14. The van der Waals surface area contributed by atoms with Gasteiger partial charge in [0.05, 0.1) is 10.4 Å². The Morgan fingerprint density at radius 1 is 1.14 bits per heavy atom. The van der Waals surface area contributed by atoms with Crippen LogP contribution >= 0.6 is 11.6 Å². The zero-order valence-corrected chi connectivity index (χ0v) is 12.2. The van der Waals surface area contributed by atoms with Crippen molar-refractivity contribution in [1.82, 2.24) is 4.98 Å². The van der Waals surface area contributed by atoms with Crippen LogP contribution in [0.5, 0.6) is 5.75 Å². The van der Waals surface area contributed by atoms with Crippen LogP contribution in [0, 0.1) is 10.1 Å². The maximum absolute atomic E-state index is 11.0. The fourth-order valence-electron chi connectivity index (χ4n) is 2.12. The van der Waals surface area contributed by atoms with Crippen molar-refractivity contribution in [3.63, 3.8) is 0 Å². The second-order valence-corrected chi connectivity index (χ2v) is 5.00. The van der Waals surface area contributed by atoms with Gasteiger partial charge in [-0.05, 0) is 18.2 Å². The first-order chi connectivity index (χ1) is 10.6. The number of aromatic nitrogens is 1. The molecule has 1 aromatic heterocycles. The zero-order valence-electron chi connectivity index (χ0n) is 11.4. The van der Waals surface area contributed by atoms with E-state index in [-0.39, 0.29) is 18.0 Å². The number of nitro benzene ring substituents is 1. The van der Waals surface area contributed by atoms with Gasteiger partial charge in [-0.15, -0.1) is 0 Å². The highest BCUT2D eigenvalue weighted by atomic mass is 35.5. The summed E-state index contributed by atoms with van der Waals surface area (Å²) in [6, 6.07) is 15.7. The van der Waals surface area contributed by atoms with Crippen LogP contribution in [-0.2, 0) is 6.61 Å². The van der Waals surface area contributed by atoms with E-state index in [1.807, 2.05) is 30.3 Å². The van der Waals surface area contributed by atoms with Crippen LogP contribution in [0.2, 0.25) is 5.15 Å². The van der Waals surface area contributed by atoms with Crippen molar-refractivity contribution in [2.24, 2.45) is 0 Å². The number of nitro groups is 1. The third kappa shape index (κ3) is 2.84. The molecule has 3 aromatic rings. The summed E-state index contributed by atoms with van der Waals surface area (Å²) in [6.07, 6.45) is 0. The van der Waals surface area contributed by atoms with Gasteiger partial charge in [0, 0.05) is 17.0 Å². The Labute approximate surface area is 131 Å². The van der Waals surface area contributed by atoms with Gasteiger partial charge in [0.25, 0.3) is 0 Å². The smallest absolute Gasteiger partial charge is 0.310 e. The zero-order chi connectivity index (χ0) is 15.5. The third-order valence-corrected chi connectivity index (χ3v) is 3.52. The van der Waals surface area contributed by atoms with Crippen molar-refractivity contribution in [3.05, 3.63) is 75.4 Å². The van der Waals surface area contributed by atoms with E-state index in [0.29, 0.717) is 10.7 Å². The Bertz CT molecular complexity index is 852. The average molecular weight is 315 g/mol. The molecule has 0 N–H and O–H groups in total. The summed E-state index contributed by atoms with van der Waals surface area (Å²) in [5.41, 5.74) is 1.40. The number of rotatable bonds is 4. The number of fused-ring (bicyclic) bond motifs is 1. The molecule has 0 atom stereocenters. The Morgan fingerprint density at radius 3 is 2.68 bits per heavy atom. The van der Waals surface area contributed by atoms with Gasteiger partial charge < -0.3 is 4.74 Å². The van der Waals surface area contributed by atoms with Gasteiger partial charge in [0.15, 0.2) is 5.75 Å². The first kappa shape index (κ1) is 14.3. The summed E-state index contributed by atoms with van der Waals surface area (Å²) in [5.74, 6) is 0.205. The Kier molecular flexibility index (Phi) is 3.89. The van der Waals surface area contributed by atoms with Crippen LogP contribution in [0.3, 0.4) is 0 Å². The van der Waals surface area contributed by atoms with Gasteiger partial charge in [-0.3, -0.25) is 10.1 Å². The van der Waals surface area contributed by atoms with Crippen LogP contribution in [-0.4, -0.2) is 9.91 Å². The van der Waals surface area contributed by atoms with Crippen molar-refractivity contribution in [2.75, 3.05) is 0 Å². The Hall–Kier alpha value is -2.66. The fraction of sp³-hybridized carbons (Fsp3) is 0.0625. The van der Waals surface area contributed by atoms with E-state index in [2.05, 4.69) is 4.98 Å². The molecule has 0 radical (unpaired) electrons. The van der Waals surface area contributed by atoms with Gasteiger partial charge in [0.1, 0.15) is 11.8 Å². The van der Waals surface area contributed by atoms with Crippen molar-refractivity contribution in [2.45, 2.75) is 6.61 Å². The molecule has 22 heavy (non-hydrogen) atoms. The lowest BCUT2D eigenvalue weighted by molar-refractivity contribution is -0.385. The second-order valence-electron chi connectivity index (χ2n) is 4.64. The van der Waals surface area contributed by atoms with E-state index in [9.17, 15) is 10.1 Å². The van der Waals surface area contributed by atoms with Crippen molar-refractivity contribution in [1.29, 1.82) is 0 Å². The molecule has 6 heteroatoms. The first-order valence-corrected chi connectivity index (χ1v) is 6.93. The molecular weight excluding hydrogens is 304 g/mol. The molecule has 0 amide bonds. The minimum atomic E-state index is -0.477. The van der Waals surface area contributed by atoms with Crippen LogP contribution < -0.4 is 4.74 Å². The van der Waals surface area contributed by atoms with E-state index < -0.39 is 4.92 Å². The molecule has 2 aromatic carbocycles. The number of para-hydroxylation sites is 3. The number of benzene rings is 2. The molecule has 0 spiro atoms. The van der Waals surface area contributed by atoms with E-state index in [0.717, 1.165) is 10.9 Å². The molecule has 110 valence electrons. The maximum atomic E-state index is 11.0. The molecule has 3 rings (SSSR count). The monoisotopic (exact) mass is 314 g/mol. The highest BCUT2D eigenvalue weighted by Crippen LogP contribution is 2.28. The molecule has 0 unspecified atom stereocenters. The fourth-order valence-corrected chi connectivity index (χ4v) is 2.32. The van der Waals surface area contributed by atoms with E-state index in [1.165, 1.54) is 6.07 Å².